The number of carbonyl (C=O) groups is 1. The lowest BCUT2D eigenvalue weighted by Crippen LogP contribution is -2.46. The molecule has 2 heterocycles. The zero-order chi connectivity index (χ0) is 27.1. The van der Waals surface area contributed by atoms with Crippen molar-refractivity contribution in [3.8, 4) is 0 Å². The monoisotopic (exact) mass is 601 g/mol. The van der Waals surface area contributed by atoms with Crippen LogP contribution < -0.4 is 15.4 Å². The molecule has 2 amide bonds. The van der Waals surface area contributed by atoms with E-state index < -0.39 is 10.0 Å². The van der Waals surface area contributed by atoms with Crippen molar-refractivity contribution in [3.05, 3.63) is 65.9 Å². The average molecular weight is 603 g/mol. The van der Waals surface area contributed by atoms with E-state index in [0.717, 1.165) is 66.6 Å². The Labute approximate surface area is 233 Å². The van der Waals surface area contributed by atoms with Crippen LogP contribution in [-0.4, -0.2) is 56.6 Å². The molecule has 1 aliphatic heterocycles. The summed E-state index contributed by atoms with van der Waals surface area (Å²) in [5.41, 5.74) is 3.23. The Morgan fingerprint density at radius 2 is 1.84 bits per heavy atom. The number of amides is 2. The molecule has 38 heavy (non-hydrogen) atoms. The van der Waals surface area contributed by atoms with Gasteiger partial charge in [-0.2, -0.15) is 0 Å². The summed E-state index contributed by atoms with van der Waals surface area (Å²) in [7, 11) is -3.62. The van der Waals surface area contributed by atoms with Gasteiger partial charge in [0.2, 0.25) is 10.0 Å². The highest BCUT2D eigenvalue weighted by atomic mass is 79.9. The van der Waals surface area contributed by atoms with Gasteiger partial charge >= 0.3 is 6.03 Å². The van der Waals surface area contributed by atoms with Gasteiger partial charge in [-0.1, -0.05) is 65.7 Å². The van der Waals surface area contributed by atoms with Crippen molar-refractivity contribution >= 4 is 48.6 Å². The van der Waals surface area contributed by atoms with Crippen LogP contribution in [0.15, 0.2) is 59.5 Å². The second kappa shape index (κ2) is 13.0. The van der Waals surface area contributed by atoms with Gasteiger partial charge in [0.25, 0.3) is 0 Å². The Kier molecular flexibility index (Phi) is 9.75. The molecule has 3 aromatic rings. The molecule has 204 valence electrons. The number of aromatic nitrogens is 1. The number of fused-ring (bicyclic) bond motifs is 1. The minimum absolute atomic E-state index is 0.00752. The predicted molar refractivity (Wildman–Crippen MR) is 156 cm³/mol. The minimum atomic E-state index is -3.62. The number of para-hydroxylation sites is 1. The molecule has 1 aromatic heterocycles. The third-order valence-electron chi connectivity index (χ3n) is 6.80. The molecule has 2 aromatic carbocycles. The van der Waals surface area contributed by atoms with E-state index >= 15 is 0 Å². The maximum atomic E-state index is 13.2. The fourth-order valence-corrected chi connectivity index (χ4v) is 7.44. The van der Waals surface area contributed by atoms with E-state index in [1.165, 1.54) is 0 Å². The molecule has 0 bridgehead atoms. The molecule has 1 unspecified atom stereocenters. The number of hydrogen-bond donors (Lipinski definition) is 3. The van der Waals surface area contributed by atoms with E-state index in [4.69, 9.17) is 0 Å². The highest BCUT2D eigenvalue weighted by Gasteiger charge is 2.27. The van der Waals surface area contributed by atoms with E-state index in [9.17, 15) is 13.2 Å². The first-order valence-corrected chi connectivity index (χ1v) is 15.6. The summed E-state index contributed by atoms with van der Waals surface area (Å²) in [5.74, 6) is 0. The van der Waals surface area contributed by atoms with Gasteiger partial charge in [-0.3, -0.25) is 4.98 Å². The van der Waals surface area contributed by atoms with Gasteiger partial charge in [0.15, 0.2) is 0 Å². The maximum absolute atomic E-state index is 13.2. The number of alkyl halides is 1. The van der Waals surface area contributed by atoms with Crippen LogP contribution in [-0.2, 0) is 10.0 Å². The lowest BCUT2D eigenvalue weighted by Gasteiger charge is -2.32. The topological polar surface area (TPSA) is 103 Å². The van der Waals surface area contributed by atoms with E-state index in [1.54, 1.807) is 12.1 Å². The number of piperidine rings is 1. The van der Waals surface area contributed by atoms with Crippen LogP contribution in [0.3, 0.4) is 0 Å². The number of halogens is 1. The quantitative estimate of drug-likeness (QED) is 0.272. The third kappa shape index (κ3) is 7.31. The van der Waals surface area contributed by atoms with Crippen LogP contribution in [0, 0.1) is 6.92 Å². The van der Waals surface area contributed by atoms with Crippen LogP contribution in [0.1, 0.15) is 48.7 Å². The number of benzene rings is 2. The third-order valence-corrected chi connectivity index (χ3v) is 9.35. The molecule has 1 saturated heterocycles. The number of carbonyl (C=O) groups excluding carboxylic acids is 1. The maximum Gasteiger partial charge on any atom is 0.319 e. The first-order valence-electron chi connectivity index (χ1n) is 13.2. The van der Waals surface area contributed by atoms with Gasteiger partial charge in [0.05, 0.1) is 16.1 Å². The SMILES string of the molecule is CCCC(Br)c1ccccc1S(=O)(=O)NC1CCN(CCNC(=O)Nc2cc(C)nc3ccccc23)CC1. The van der Waals surface area contributed by atoms with Crippen molar-refractivity contribution in [3.63, 3.8) is 0 Å². The molecule has 1 atom stereocenters. The number of rotatable bonds is 10. The number of pyridine rings is 1. The average Bonchev–Trinajstić information content (AvgIpc) is 2.89. The zero-order valence-corrected chi connectivity index (χ0v) is 24.3. The van der Waals surface area contributed by atoms with Crippen LogP contribution in [0.4, 0.5) is 10.5 Å². The molecule has 1 aliphatic rings. The number of likely N-dealkylation sites (tertiary alicyclic amines) is 1. The summed E-state index contributed by atoms with van der Waals surface area (Å²) in [6, 6.07) is 16.5. The number of sulfonamides is 1. The molecule has 3 N–H and O–H groups in total. The lowest BCUT2D eigenvalue weighted by atomic mass is 10.1. The highest BCUT2D eigenvalue weighted by Crippen LogP contribution is 2.32. The summed E-state index contributed by atoms with van der Waals surface area (Å²) in [4.78, 5) is 19.6. The van der Waals surface area contributed by atoms with Crippen molar-refractivity contribution in [2.24, 2.45) is 0 Å². The van der Waals surface area contributed by atoms with Crippen molar-refractivity contribution in [1.82, 2.24) is 19.9 Å². The number of hydrogen-bond acceptors (Lipinski definition) is 5. The van der Waals surface area contributed by atoms with Gasteiger partial charge in [-0.15, -0.1) is 0 Å². The molecule has 0 radical (unpaired) electrons. The van der Waals surface area contributed by atoms with E-state index in [0.29, 0.717) is 18.0 Å². The second-order valence-corrected chi connectivity index (χ2v) is 12.5. The van der Waals surface area contributed by atoms with Gasteiger partial charge in [-0.25, -0.2) is 17.9 Å². The van der Waals surface area contributed by atoms with Crippen molar-refractivity contribution in [2.75, 3.05) is 31.5 Å². The van der Waals surface area contributed by atoms with Crippen LogP contribution in [0.25, 0.3) is 10.9 Å². The van der Waals surface area contributed by atoms with Gasteiger partial charge in [0.1, 0.15) is 0 Å². The molecule has 0 aliphatic carbocycles. The zero-order valence-electron chi connectivity index (χ0n) is 21.9. The fourth-order valence-electron chi connectivity index (χ4n) is 4.86. The number of anilines is 1. The summed E-state index contributed by atoms with van der Waals surface area (Å²) in [6.45, 7) is 6.73. The van der Waals surface area contributed by atoms with Gasteiger partial charge in [-0.05, 0) is 63.0 Å². The van der Waals surface area contributed by atoms with E-state index in [1.807, 2.05) is 49.4 Å². The first kappa shape index (κ1) is 28.5. The first-order chi connectivity index (χ1) is 18.3. The molecule has 8 nitrogen and oxygen atoms in total. The number of nitrogens with zero attached hydrogens (tertiary/aromatic N) is 2. The highest BCUT2D eigenvalue weighted by molar-refractivity contribution is 9.09. The summed E-state index contributed by atoms with van der Waals surface area (Å²) < 4.78 is 29.3. The molecule has 1 fully saturated rings. The molecule has 4 rings (SSSR count). The van der Waals surface area contributed by atoms with Gasteiger partial charge < -0.3 is 15.5 Å². The summed E-state index contributed by atoms with van der Waals surface area (Å²) >= 11 is 3.65. The van der Waals surface area contributed by atoms with Crippen molar-refractivity contribution < 1.29 is 13.2 Å². The lowest BCUT2D eigenvalue weighted by molar-refractivity contribution is 0.206. The number of aryl methyl sites for hydroxylation is 1. The van der Waals surface area contributed by atoms with Crippen LogP contribution in [0.5, 0.6) is 0 Å². The Morgan fingerprint density at radius 1 is 1.13 bits per heavy atom. The summed E-state index contributed by atoms with van der Waals surface area (Å²) in [5, 5.41) is 6.78. The molecular formula is C28H36BrN5O3S. The standard InChI is InChI=1S/C28H36BrN5O3S/c1-3-8-24(29)22-9-5-7-12-27(22)38(36,37)33-21-13-16-34(17-14-21)18-15-30-28(35)32-26-19-20(2)31-25-11-6-4-10-23(25)26/h4-7,9-12,19,21,24,33H,3,8,13-18H2,1-2H3,(H2,30,31,32,35). The van der Waals surface area contributed by atoms with Gasteiger partial charge in [0, 0.05) is 35.0 Å². The Bertz CT molecular complexity index is 1360. The van der Waals surface area contributed by atoms with E-state index in [2.05, 4.69) is 48.1 Å². The number of nitrogens with one attached hydrogen (secondary N) is 3. The Morgan fingerprint density at radius 3 is 2.61 bits per heavy atom. The van der Waals surface area contributed by atoms with E-state index in [-0.39, 0.29) is 16.9 Å². The largest absolute Gasteiger partial charge is 0.337 e. The molecule has 0 saturated carbocycles. The molecule has 0 spiro atoms. The van der Waals surface area contributed by atoms with Crippen LogP contribution in [0.2, 0.25) is 0 Å². The predicted octanol–water partition coefficient (Wildman–Crippen LogP) is 5.34. The van der Waals surface area contributed by atoms with Crippen molar-refractivity contribution in [1.29, 1.82) is 0 Å². The smallest absolute Gasteiger partial charge is 0.319 e. The molecular weight excluding hydrogens is 566 g/mol. The normalized spacial score (nSPS) is 15.9. The van der Waals surface area contributed by atoms with Crippen molar-refractivity contribution in [2.45, 2.75) is 55.3 Å². The number of urea groups is 1. The second-order valence-electron chi connectivity index (χ2n) is 9.74. The fraction of sp³-hybridized carbons (Fsp3) is 0.429. The van der Waals surface area contributed by atoms with Crippen LogP contribution >= 0.6 is 15.9 Å². The minimum Gasteiger partial charge on any atom is -0.337 e. The Balaban J connectivity index is 1.24. The summed E-state index contributed by atoms with van der Waals surface area (Å²) in [6.07, 6.45) is 3.29. The Hall–Kier alpha value is -2.53. The molecule has 10 heteroatoms.